The van der Waals surface area contributed by atoms with E-state index in [4.69, 9.17) is 4.74 Å². The highest BCUT2D eigenvalue weighted by Crippen LogP contribution is 2.18. The predicted molar refractivity (Wildman–Crippen MR) is 278 cm³/mol. The van der Waals surface area contributed by atoms with E-state index in [9.17, 15) is 19.8 Å². The van der Waals surface area contributed by atoms with Crippen LogP contribution in [0.5, 0.6) is 0 Å². The van der Waals surface area contributed by atoms with Crippen LogP contribution in [0.2, 0.25) is 0 Å². The number of esters is 1. The SMILES string of the molecule is CCCCCCCCC/C=C/CCCCCC(CC(=O)NC(CO)C(O)CCCCCCCCCCCCCCC)OC(=O)CCCCCCC/C=C/CCCCCCCCCCC. The van der Waals surface area contributed by atoms with Crippen molar-refractivity contribution in [2.45, 2.75) is 328 Å². The monoisotopic (exact) mass is 902 g/mol. The van der Waals surface area contributed by atoms with Crippen LogP contribution in [0.15, 0.2) is 24.3 Å². The Labute approximate surface area is 399 Å². The maximum Gasteiger partial charge on any atom is 0.306 e. The lowest BCUT2D eigenvalue weighted by atomic mass is 10.0. The Hall–Kier alpha value is -1.66. The Kier molecular flexibility index (Phi) is 51.0. The third-order valence-corrected chi connectivity index (χ3v) is 13.3. The molecule has 3 N–H and O–H groups in total. The maximum absolute atomic E-state index is 13.2. The molecule has 0 saturated carbocycles. The van der Waals surface area contributed by atoms with Crippen LogP contribution in [-0.4, -0.2) is 46.9 Å². The molecule has 0 bridgehead atoms. The van der Waals surface area contributed by atoms with E-state index in [-0.39, 0.29) is 24.9 Å². The average molecular weight is 903 g/mol. The highest BCUT2D eigenvalue weighted by atomic mass is 16.5. The standard InChI is InChI=1S/C58H111NO5/c1-4-7-10-13-16-19-22-25-27-28-29-30-33-36-39-42-45-48-51-58(63)64-54(49-46-43-40-37-34-32-26-23-20-17-14-11-8-5-2)52-57(62)59-55(53-60)56(61)50-47-44-41-38-35-31-24-21-18-15-12-9-6-3/h29-30,32,34,54-56,60-61H,4-28,31,33,35-53H2,1-3H3,(H,59,62)/b30-29+,34-32+. The summed E-state index contributed by atoms with van der Waals surface area (Å²) in [5, 5.41) is 23.8. The summed E-state index contributed by atoms with van der Waals surface area (Å²) in [5.74, 6) is -0.483. The zero-order chi connectivity index (χ0) is 46.7. The van der Waals surface area contributed by atoms with Gasteiger partial charge in [-0.1, -0.05) is 244 Å². The summed E-state index contributed by atoms with van der Waals surface area (Å²) in [7, 11) is 0. The number of carbonyl (C=O) groups is 2. The van der Waals surface area contributed by atoms with Gasteiger partial charge in [-0.2, -0.15) is 0 Å². The number of ether oxygens (including phenoxy) is 1. The van der Waals surface area contributed by atoms with Gasteiger partial charge < -0.3 is 20.3 Å². The second-order valence-corrected chi connectivity index (χ2v) is 19.7. The lowest BCUT2D eigenvalue weighted by Gasteiger charge is -2.24. The smallest absolute Gasteiger partial charge is 0.306 e. The molecule has 0 heterocycles. The van der Waals surface area contributed by atoms with Gasteiger partial charge in [-0.05, 0) is 77.0 Å². The summed E-state index contributed by atoms with van der Waals surface area (Å²) in [6.45, 7) is 6.51. The number of amides is 1. The van der Waals surface area contributed by atoms with Crippen LogP contribution in [0.3, 0.4) is 0 Å². The highest BCUT2D eigenvalue weighted by molar-refractivity contribution is 5.77. The van der Waals surface area contributed by atoms with Crippen LogP contribution in [0.25, 0.3) is 0 Å². The lowest BCUT2D eigenvalue weighted by molar-refractivity contribution is -0.151. The molecule has 0 aliphatic rings. The van der Waals surface area contributed by atoms with E-state index >= 15 is 0 Å². The first-order valence-electron chi connectivity index (χ1n) is 28.6. The quantitative estimate of drug-likeness (QED) is 0.0321. The third kappa shape index (κ3) is 46.9. The second-order valence-electron chi connectivity index (χ2n) is 19.7. The van der Waals surface area contributed by atoms with Crippen molar-refractivity contribution in [3.05, 3.63) is 24.3 Å². The number of hydrogen-bond donors (Lipinski definition) is 3. The number of hydrogen-bond acceptors (Lipinski definition) is 5. The Morgan fingerprint density at radius 3 is 1.12 bits per heavy atom. The minimum atomic E-state index is -0.790. The highest BCUT2D eigenvalue weighted by Gasteiger charge is 2.24. The minimum Gasteiger partial charge on any atom is -0.462 e. The van der Waals surface area contributed by atoms with Gasteiger partial charge in [-0.15, -0.1) is 0 Å². The molecule has 0 aromatic carbocycles. The fourth-order valence-electron chi connectivity index (χ4n) is 8.89. The Balaban J connectivity index is 4.54. The van der Waals surface area contributed by atoms with Crippen molar-refractivity contribution in [1.29, 1.82) is 0 Å². The number of allylic oxidation sites excluding steroid dienone is 4. The van der Waals surface area contributed by atoms with Crippen molar-refractivity contribution in [3.8, 4) is 0 Å². The van der Waals surface area contributed by atoms with Crippen LogP contribution in [0.4, 0.5) is 0 Å². The molecular formula is C58H111NO5. The van der Waals surface area contributed by atoms with Crippen LogP contribution in [0.1, 0.15) is 310 Å². The van der Waals surface area contributed by atoms with Gasteiger partial charge in [0.1, 0.15) is 6.10 Å². The van der Waals surface area contributed by atoms with Crippen LogP contribution in [-0.2, 0) is 14.3 Å². The molecule has 6 heteroatoms. The van der Waals surface area contributed by atoms with Crippen LogP contribution < -0.4 is 5.32 Å². The van der Waals surface area contributed by atoms with Gasteiger partial charge in [-0.25, -0.2) is 0 Å². The van der Waals surface area contributed by atoms with Crippen LogP contribution in [0, 0.1) is 0 Å². The Morgan fingerprint density at radius 1 is 0.438 bits per heavy atom. The van der Waals surface area contributed by atoms with Crippen molar-refractivity contribution in [1.82, 2.24) is 5.32 Å². The predicted octanol–water partition coefficient (Wildman–Crippen LogP) is 17.5. The van der Waals surface area contributed by atoms with Gasteiger partial charge in [0, 0.05) is 6.42 Å². The normalized spacial score (nSPS) is 13.3. The summed E-state index contributed by atoms with van der Waals surface area (Å²) >= 11 is 0. The molecule has 1 amide bonds. The van der Waals surface area contributed by atoms with Crippen molar-refractivity contribution in [2.75, 3.05) is 6.61 Å². The number of rotatable bonds is 52. The van der Waals surface area contributed by atoms with Crippen molar-refractivity contribution >= 4 is 11.9 Å². The number of nitrogens with one attached hydrogen (secondary N) is 1. The van der Waals surface area contributed by atoms with Gasteiger partial charge >= 0.3 is 5.97 Å². The molecule has 0 aliphatic carbocycles. The summed E-state index contributed by atoms with van der Waals surface area (Å²) in [6, 6.07) is -0.704. The first-order chi connectivity index (χ1) is 31.5. The summed E-state index contributed by atoms with van der Waals surface area (Å²) < 4.78 is 5.95. The zero-order valence-corrected chi connectivity index (χ0v) is 43.2. The fourth-order valence-corrected chi connectivity index (χ4v) is 8.89. The first kappa shape index (κ1) is 62.3. The summed E-state index contributed by atoms with van der Waals surface area (Å²) in [6.07, 6.45) is 61.0. The van der Waals surface area contributed by atoms with E-state index in [0.29, 0.717) is 19.3 Å². The van der Waals surface area contributed by atoms with E-state index in [1.165, 1.54) is 199 Å². The summed E-state index contributed by atoms with van der Waals surface area (Å²) in [5.41, 5.74) is 0. The average Bonchev–Trinajstić information content (AvgIpc) is 3.29. The molecule has 3 unspecified atom stereocenters. The van der Waals surface area contributed by atoms with Crippen molar-refractivity contribution in [3.63, 3.8) is 0 Å². The number of aliphatic hydroxyl groups is 2. The van der Waals surface area contributed by atoms with E-state index in [1.54, 1.807) is 0 Å². The first-order valence-corrected chi connectivity index (χ1v) is 28.6. The fraction of sp³-hybridized carbons (Fsp3) is 0.897. The van der Waals surface area contributed by atoms with Gasteiger partial charge in [0.05, 0.1) is 25.2 Å². The number of unbranched alkanes of at least 4 members (excludes halogenated alkanes) is 36. The van der Waals surface area contributed by atoms with Crippen LogP contribution >= 0.6 is 0 Å². The number of aliphatic hydroxyl groups excluding tert-OH is 2. The number of carbonyl (C=O) groups excluding carboxylic acids is 2. The summed E-state index contributed by atoms with van der Waals surface area (Å²) in [4.78, 5) is 26.2. The molecule has 0 aromatic heterocycles. The van der Waals surface area contributed by atoms with Gasteiger partial charge in [-0.3, -0.25) is 9.59 Å². The van der Waals surface area contributed by atoms with E-state index in [0.717, 1.165) is 64.2 Å². The third-order valence-electron chi connectivity index (χ3n) is 13.3. The second kappa shape index (κ2) is 52.3. The molecule has 6 nitrogen and oxygen atoms in total. The lowest BCUT2D eigenvalue weighted by Crippen LogP contribution is -2.46. The molecule has 0 radical (unpaired) electrons. The molecule has 0 aliphatic heterocycles. The van der Waals surface area contributed by atoms with E-state index in [1.807, 2.05) is 0 Å². The minimum absolute atomic E-state index is 0.0681. The van der Waals surface area contributed by atoms with E-state index in [2.05, 4.69) is 50.4 Å². The Bertz CT molecular complexity index is 1010. The molecule has 0 spiro atoms. The molecular weight excluding hydrogens is 791 g/mol. The van der Waals surface area contributed by atoms with Crippen molar-refractivity contribution < 1.29 is 24.5 Å². The Morgan fingerprint density at radius 2 is 0.750 bits per heavy atom. The topological polar surface area (TPSA) is 95.9 Å². The molecule has 3 atom stereocenters. The molecule has 64 heavy (non-hydrogen) atoms. The molecule has 0 aromatic rings. The van der Waals surface area contributed by atoms with Gasteiger partial charge in [0.2, 0.25) is 5.91 Å². The molecule has 0 rings (SSSR count). The van der Waals surface area contributed by atoms with Gasteiger partial charge in [0.15, 0.2) is 0 Å². The molecule has 0 saturated heterocycles. The van der Waals surface area contributed by atoms with Crippen molar-refractivity contribution in [2.24, 2.45) is 0 Å². The molecule has 0 fully saturated rings. The van der Waals surface area contributed by atoms with Gasteiger partial charge in [0.25, 0.3) is 0 Å². The van der Waals surface area contributed by atoms with E-state index < -0.39 is 18.2 Å². The molecule has 378 valence electrons. The zero-order valence-electron chi connectivity index (χ0n) is 43.2. The maximum atomic E-state index is 13.2. The largest absolute Gasteiger partial charge is 0.462 e.